The van der Waals surface area contributed by atoms with Crippen LogP contribution in [0.1, 0.15) is 42.5 Å². The highest BCUT2D eigenvalue weighted by molar-refractivity contribution is 9.10. The van der Waals surface area contributed by atoms with E-state index in [4.69, 9.17) is 0 Å². The van der Waals surface area contributed by atoms with Crippen molar-refractivity contribution in [3.05, 3.63) is 81.8 Å². The third-order valence-electron chi connectivity index (χ3n) is 3.12. The molecule has 2 heteroatoms. The largest absolute Gasteiger partial charge is 0.295 e. The summed E-state index contributed by atoms with van der Waals surface area (Å²) < 4.78 is 1.14. The van der Waals surface area contributed by atoms with Crippen LogP contribution in [0.2, 0.25) is 0 Å². The summed E-state index contributed by atoms with van der Waals surface area (Å²) in [5.74, 6) is 0.0185. The van der Waals surface area contributed by atoms with Crippen LogP contribution in [0.4, 0.5) is 0 Å². The summed E-state index contributed by atoms with van der Waals surface area (Å²) in [6.45, 7) is 13.3. The molecular formula is C22H29BrO. The first-order valence-electron chi connectivity index (χ1n) is 8.20. The van der Waals surface area contributed by atoms with E-state index < -0.39 is 0 Å². The normalized spacial score (nSPS) is 9.08. The van der Waals surface area contributed by atoms with Gasteiger partial charge in [0.2, 0.25) is 0 Å². The topological polar surface area (TPSA) is 17.1 Å². The van der Waals surface area contributed by atoms with E-state index in [1.54, 1.807) is 0 Å². The molecule has 0 unspecified atom stereocenters. The van der Waals surface area contributed by atoms with Crippen molar-refractivity contribution in [1.82, 2.24) is 0 Å². The van der Waals surface area contributed by atoms with Gasteiger partial charge in [-0.25, -0.2) is 0 Å². The van der Waals surface area contributed by atoms with E-state index in [-0.39, 0.29) is 5.78 Å². The number of allylic oxidation sites excluding steroid dienone is 1. The van der Waals surface area contributed by atoms with Crippen molar-refractivity contribution in [2.45, 2.75) is 47.5 Å². The summed E-state index contributed by atoms with van der Waals surface area (Å²) in [5, 5.41) is 0. The number of halogens is 1. The van der Waals surface area contributed by atoms with Crippen molar-refractivity contribution in [3.8, 4) is 0 Å². The van der Waals surface area contributed by atoms with E-state index in [2.05, 4.69) is 80.5 Å². The lowest BCUT2D eigenvalue weighted by atomic mass is 10.0. The van der Waals surface area contributed by atoms with Gasteiger partial charge >= 0.3 is 0 Å². The number of benzene rings is 2. The molecule has 2 aromatic carbocycles. The SMILES string of the molecule is C=CC(C)=O.CCCc1cc(C)cc(C)c1.Cc1ccc(Br)cc1. The van der Waals surface area contributed by atoms with Gasteiger partial charge in [0.25, 0.3) is 0 Å². The fourth-order valence-corrected chi connectivity index (χ4v) is 2.30. The quantitative estimate of drug-likeness (QED) is 0.529. The maximum Gasteiger partial charge on any atom is 0.152 e. The Balaban J connectivity index is 0.000000358. The molecule has 0 atom stereocenters. The lowest BCUT2D eigenvalue weighted by Gasteiger charge is -2.02. The zero-order chi connectivity index (χ0) is 18.5. The van der Waals surface area contributed by atoms with Gasteiger partial charge in [-0.1, -0.05) is 82.9 Å². The van der Waals surface area contributed by atoms with E-state index in [1.165, 1.54) is 48.1 Å². The van der Waals surface area contributed by atoms with Crippen molar-refractivity contribution >= 4 is 21.7 Å². The van der Waals surface area contributed by atoms with Crippen molar-refractivity contribution in [2.75, 3.05) is 0 Å². The molecule has 0 aliphatic rings. The smallest absolute Gasteiger partial charge is 0.152 e. The Morgan fingerprint density at radius 2 is 1.46 bits per heavy atom. The Hall–Kier alpha value is -1.67. The number of carbonyl (C=O) groups excluding carboxylic acids is 1. The Morgan fingerprint density at radius 1 is 1.00 bits per heavy atom. The van der Waals surface area contributed by atoms with E-state index in [0.29, 0.717) is 0 Å². The van der Waals surface area contributed by atoms with Gasteiger partial charge in [-0.3, -0.25) is 4.79 Å². The summed E-state index contributed by atoms with van der Waals surface area (Å²) in [6.07, 6.45) is 3.73. The highest BCUT2D eigenvalue weighted by atomic mass is 79.9. The second-order valence-electron chi connectivity index (χ2n) is 5.86. The minimum atomic E-state index is 0.0185. The molecule has 0 aliphatic heterocycles. The molecule has 0 amide bonds. The van der Waals surface area contributed by atoms with Gasteiger partial charge < -0.3 is 0 Å². The van der Waals surface area contributed by atoms with Crippen LogP contribution in [0.3, 0.4) is 0 Å². The highest BCUT2D eigenvalue weighted by Crippen LogP contribution is 2.10. The lowest BCUT2D eigenvalue weighted by molar-refractivity contribution is -0.112. The standard InChI is InChI=1S/C11H16.C7H7Br.C4H6O/c1-4-5-11-7-9(2)6-10(3)8-11;1-6-2-4-7(8)5-3-6;1-3-4(2)5/h6-8H,4-5H2,1-3H3;2-5H,1H3;3H,1H2,2H3. The van der Waals surface area contributed by atoms with Gasteiger partial charge in [0.05, 0.1) is 0 Å². The summed E-state index contributed by atoms with van der Waals surface area (Å²) in [5.41, 5.74) is 5.54. The first-order chi connectivity index (χ1) is 11.3. The van der Waals surface area contributed by atoms with Crippen molar-refractivity contribution in [2.24, 2.45) is 0 Å². The van der Waals surface area contributed by atoms with Gasteiger partial charge in [-0.2, -0.15) is 0 Å². The summed E-state index contributed by atoms with van der Waals surface area (Å²) in [7, 11) is 0. The van der Waals surface area contributed by atoms with Crippen molar-refractivity contribution in [3.63, 3.8) is 0 Å². The Morgan fingerprint density at radius 3 is 1.79 bits per heavy atom. The van der Waals surface area contributed by atoms with Crippen LogP contribution in [0, 0.1) is 20.8 Å². The van der Waals surface area contributed by atoms with Crippen molar-refractivity contribution < 1.29 is 4.79 Å². The summed E-state index contributed by atoms with van der Waals surface area (Å²) in [4.78, 5) is 9.69. The monoisotopic (exact) mass is 388 g/mol. The molecule has 0 saturated carbocycles. The third kappa shape index (κ3) is 11.8. The first kappa shape index (κ1) is 22.3. The molecule has 0 N–H and O–H groups in total. The molecule has 0 bridgehead atoms. The Kier molecular flexibility index (Phi) is 11.8. The van der Waals surface area contributed by atoms with Gasteiger partial charge in [-0.05, 0) is 57.9 Å². The molecular weight excluding hydrogens is 360 g/mol. The summed E-state index contributed by atoms with van der Waals surface area (Å²) in [6, 6.07) is 15.0. The molecule has 0 heterocycles. The number of rotatable bonds is 3. The predicted octanol–water partition coefficient (Wildman–Crippen LogP) is 6.77. The molecule has 0 radical (unpaired) electrons. The second-order valence-corrected chi connectivity index (χ2v) is 6.77. The van der Waals surface area contributed by atoms with Crippen LogP contribution in [0.5, 0.6) is 0 Å². The third-order valence-corrected chi connectivity index (χ3v) is 3.65. The molecule has 130 valence electrons. The molecule has 1 nitrogen and oxygen atoms in total. The Labute approximate surface area is 155 Å². The van der Waals surface area contributed by atoms with Crippen LogP contribution in [0.15, 0.2) is 59.6 Å². The molecule has 0 aromatic heterocycles. The van der Waals surface area contributed by atoms with Crippen LogP contribution in [-0.4, -0.2) is 5.78 Å². The van der Waals surface area contributed by atoms with Gasteiger partial charge in [0.1, 0.15) is 0 Å². The average Bonchev–Trinajstić information content (AvgIpc) is 2.51. The molecule has 0 fully saturated rings. The molecule has 0 aliphatic carbocycles. The van der Waals surface area contributed by atoms with Crippen LogP contribution in [0.25, 0.3) is 0 Å². The van der Waals surface area contributed by atoms with Crippen molar-refractivity contribution in [1.29, 1.82) is 0 Å². The van der Waals surface area contributed by atoms with E-state index >= 15 is 0 Å². The van der Waals surface area contributed by atoms with Gasteiger partial charge in [-0.15, -0.1) is 0 Å². The van der Waals surface area contributed by atoms with E-state index in [9.17, 15) is 4.79 Å². The van der Waals surface area contributed by atoms with Crippen LogP contribution >= 0.6 is 15.9 Å². The maximum absolute atomic E-state index is 9.69. The minimum absolute atomic E-state index is 0.0185. The molecule has 24 heavy (non-hydrogen) atoms. The lowest BCUT2D eigenvalue weighted by Crippen LogP contribution is -1.86. The van der Waals surface area contributed by atoms with E-state index in [1.807, 2.05) is 12.1 Å². The predicted molar refractivity (Wildman–Crippen MR) is 110 cm³/mol. The number of aryl methyl sites for hydroxylation is 4. The zero-order valence-corrected chi connectivity index (χ0v) is 17.1. The zero-order valence-electron chi connectivity index (χ0n) is 15.5. The van der Waals surface area contributed by atoms with Gasteiger partial charge in [0.15, 0.2) is 5.78 Å². The second kappa shape index (κ2) is 12.7. The molecule has 2 rings (SSSR count). The fraction of sp³-hybridized carbons (Fsp3) is 0.318. The number of carbonyl (C=O) groups is 1. The van der Waals surface area contributed by atoms with E-state index in [0.717, 1.165) is 4.47 Å². The average molecular weight is 389 g/mol. The molecule has 0 spiro atoms. The van der Waals surface area contributed by atoms with Crippen LogP contribution in [-0.2, 0) is 11.2 Å². The number of hydrogen-bond donors (Lipinski definition) is 0. The highest BCUT2D eigenvalue weighted by Gasteiger charge is 1.93. The maximum atomic E-state index is 9.69. The minimum Gasteiger partial charge on any atom is -0.295 e. The fourth-order valence-electron chi connectivity index (χ4n) is 2.04. The summed E-state index contributed by atoms with van der Waals surface area (Å²) >= 11 is 3.35. The van der Waals surface area contributed by atoms with Crippen LogP contribution < -0.4 is 0 Å². The molecule has 2 aromatic rings. The first-order valence-corrected chi connectivity index (χ1v) is 9.00. The Bertz CT molecular complexity index is 586. The van der Waals surface area contributed by atoms with Gasteiger partial charge in [0, 0.05) is 4.47 Å². The number of hydrogen-bond acceptors (Lipinski definition) is 1. The molecule has 0 saturated heterocycles. The number of ketones is 1.